The Morgan fingerprint density at radius 1 is 0.875 bits per heavy atom. The maximum atomic E-state index is 10.9. The summed E-state index contributed by atoms with van der Waals surface area (Å²) in [6, 6.07) is 20.7. The summed E-state index contributed by atoms with van der Waals surface area (Å²) in [7, 11) is 0. The predicted octanol–water partition coefficient (Wildman–Crippen LogP) is -3.26. The third-order valence-corrected chi connectivity index (χ3v) is 6.04. The van der Waals surface area contributed by atoms with Crippen LogP contribution in [-0.4, -0.2) is 29.0 Å². The van der Waals surface area contributed by atoms with Gasteiger partial charge in [0.15, 0.2) is 0 Å². The number of hydrogen-bond donors (Lipinski definition) is 2. The van der Waals surface area contributed by atoms with Crippen LogP contribution in [0.25, 0.3) is 10.9 Å². The van der Waals surface area contributed by atoms with Gasteiger partial charge in [0.25, 0.3) is 0 Å². The molecule has 40 heavy (non-hydrogen) atoms. The van der Waals surface area contributed by atoms with Crippen molar-refractivity contribution in [2.75, 3.05) is 12.3 Å². The second-order valence-corrected chi connectivity index (χ2v) is 8.81. The zero-order valence-electron chi connectivity index (χ0n) is 24.1. The van der Waals surface area contributed by atoms with E-state index in [-0.39, 0.29) is 154 Å². The molecule has 2 heterocycles. The SMILES string of the molecule is O=[C-]c1ccc(CN2CCc3[nH]c4ccc([C-]=O)cc4c3C2)cc1.[CH2-]C[CH-]C[CH2-].[CH2-]c1ccc(N)cc1.[K+].[K+].[K+]. The number of benzene rings is 3. The third kappa shape index (κ3) is 13.4. The molecule has 1 aliphatic heterocycles. The molecule has 0 radical (unpaired) electrons. The largest absolute Gasteiger partial charge is 1.00 e. The number of anilines is 1. The number of nitrogens with one attached hydrogen (secondary N) is 1. The maximum absolute atomic E-state index is 10.9. The van der Waals surface area contributed by atoms with Crippen LogP contribution in [0.15, 0.2) is 66.7 Å². The van der Waals surface area contributed by atoms with E-state index in [4.69, 9.17) is 5.73 Å². The van der Waals surface area contributed by atoms with Crippen LogP contribution in [0.3, 0.4) is 0 Å². The van der Waals surface area contributed by atoms with Gasteiger partial charge < -0.3 is 53.4 Å². The second-order valence-electron chi connectivity index (χ2n) is 8.81. The van der Waals surface area contributed by atoms with E-state index in [1.165, 1.54) is 16.8 Å². The van der Waals surface area contributed by atoms with Crippen molar-refractivity contribution in [1.29, 1.82) is 0 Å². The number of H-pyrrole nitrogens is 1. The van der Waals surface area contributed by atoms with Crippen LogP contribution >= 0.6 is 0 Å². The van der Waals surface area contributed by atoms with E-state index in [1.807, 2.05) is 67.5 Å². The van der Waals surface area contributed by atoms with Crippen LogP contribution in [-0.2, 0) is 29.1 Å². The first-order valence-electron chi connectivity index (χ1n) is 12.3. The van der Waals surface area contributed by atoms with Crippen molar-refractivity contribution in [1.82, 2.24) is 9.88 Å². The molecule has 0 bridgehead atoms. The average molecular weight is 609 g/mol. The molecule has 0 spiro atoms. The first-order valence-corrected chi connectivity index (χ1v) is 12.3. The van der Waals surface area contributed by atoms with Gasteiger partial charge in [-0.3, -0.25) is 4.90 Å². The quantitative estimate of drug-likeness (QED) is 0.137. The second kappa shape index (κ2) is 22.6. The Morgan fingerprint density at radius 3 is 2.00 bits per heavy atom. The summed E-state index contributed by atoms with van der Waals surface area (Å²) >= 11 is 0. The predicted molar refractivity (Wildman–Crippen MR) is 152 cm³/mol. The van der Waals surface area contributed by atoms with Gasteiger partial charge in [0.1, 0.15) is 0 Å². The number of unbranched alkanes of at least 4 members (excludes halogenated alkanes) is 2. The molecule has 4 aromatic rings. The molecule has 0 fully saturated rings. The number of fused-ring (bicyclic) bond motifs is 3. The monoisotopic (exact) mass is 608 g/mol. The van der Waals surface area contributed by atoms with Gasteiger partial charge in [0.2, 0.25) is 0 Å². The van der Waals surface area contributed by atoms with Crippen molar-refractivity contribution in [2.24, 2.45) is 0 Å². The first kappa shape index (κ1) is 41.1. The fourth-order valence-electron chi connectivity index (χ4n) is 4.07. The van der Waals surface area contributed by atoms with Gasteiger partial charge in [0.05, 0.1) is 12.6 Å². The molecule has 3 aromatic carbocycles. The van der Waals surface area contributed by atoms with Crippen LogP contribution in [0.2, 0.25) is 0 Å². The average Bonchev–Trinajstić information content (AvgIpc) is 3.29. The van der Waals surface area contributed by atoms with E-state index in [1.54, 1.807) is 18.2 Å². The summed E-state index contributed by atoms with van der Waals surface area (Å²) in [5, 5.41) is 1.11. The molecule has 0 atom stereocenters. The summed E-state index contributed by atoms with van der Waals surface area (Å²) in [5.74, 6) is 0. The van der Waals surface area contributed by atoms with Crippen LogP contribution < -0.4 is 160 Å². The number of nitrogens with two attached hydrogens (primary N) is 1. The van der Waals surface area contributed by atoms with E-state index in [0.29, 0.717) is 11.1 Å². The molecule has 0 unspecified atom stereocenters. The third-order valence-electron chi connectivity index (χ3n) is 6.04. The summed E-state index contributed by atoms with van der Waals surface area (Å²) in [6.45, 7) is 13.5. The minimum atomic E-state index is 0. The smallest absolute Gasteiger partial charge is 0.400 e. The van der Waals surface area contributed by atoms with E-state index >= 15 is 0 Å². The van der Waals surface area contributed by atoms with Crippen LogP contribution in [0.5, 0.6) is 0 Å². The fraction of sp³-hybridized carbons (Fsp3) is 0.188. The van der Waals surface area contributed by atoms with E-state index < -0.39 is 0 Å². The van der Waals surface area contributed by atoms with E-state index in [2.05, 4.69) is 30.7 Å². The van der Waals surface area contributed by atoms with Gasteiger partial charge in [0, 0.05) is 43.0 Å². The van der Waals surface area contributed by atoms with Crippen molar-refractivity contribution in [3.63, 3.8) is 0 Å². The number of rotatable bonds is 6. The zero-order chi connectivity index (χ0) is 26.6. The molecule has 0 saturated carbocycles. The summed E-state index contributed by atoms with van der Waals surface area (Å²) in [5.41, 5.74) is 13.1. The van der Waals surface area contributed by atoms with Gasteiger partial charge in [-0.1, -0.05) is 29.1 Å². The number of aromatic amines is 1. The molecular formula is C32H33K3N3O2-3. The Balaban J connectivity index is 0.000000800. The number of aromatic nitrogens is 1. The Bertz CT molecular complexity index is 1270. The van der Waals surface area contributed by atoms with Crippen molar-refractivity contribution in [2.45, 2.75) is 32.4 Å². The summed E-state index contributed by atoms with van der Waals surface area (Å²) in [4.78, 5) is 27.4. The van der Waals surface area contributed by atoms with Crippen molar-refractivity contribution in [3.05, 3.63) is 127 Å². The minimum absolute atomic E-state index is 0. The standard InChI is InChI=1S/C20H16N2O2.C7H8N.C5H9.3K/c23-12-15-3-1-14(2-4-15)10-22-8-7-20-18(11-22)17-9-16(13-24)5-6-19(17)21-20;1-6-2-4-7(8)5-3-6;1-3-5-4-2;;;/h1-6,9,21H,7-8,10-11H2;2-5H,1,8H2;5H,1-4H2;;;/q-2;-1;-3;3*+1. The van der Waals surface area contributed by atoms with Gasteiger partial charge in [-0.15, -0.1) is 12.1 Å². The van der Waals surface area contributed by atoms with Gasteiger partial charge in [-0.05, 0) is 5.56 Å². The van der Waals surface area contributed by atoms with E-state index in [0.717, 1.165) is 61.1 Å². The van der Waals surface area contributed by atoms with Crippen LogP contribution in [0.1, 0.15) is 46.4 Å². The van der Waals surface area contributed by atoms with Gasteiger partial charge in [-0.2, -0.15) is 60.0 Å². The topological polar surface area (TPSA) is 79.2 Å². The summed E-state index contributed by atoms with van der Waals surface area (Å²) < 4.78 is 0. The fourth-order valence-corrected chi connectivity index (χ4v) is 4.07. The van der Waals surface area contributed by atoms with Crippen LogP contribution in [0, 0.1) is 27.2 Å². The molecule has 0 amide bonds. The minimum Gasteiger partial charge on any atom is -0.400 e. The molecule has 5 rings (SSSR count). The summed E-state index contributed by atoms with van der Waals surface area (Å²) in [6.07, 6.45) is 8.67. The van der Waals surface area contributed by atoms with Crippen LogP contribution in [0.4, 0.5) is 5.69 Å². The Kier molecular flexibility index (Phi) is 23.2. The molecular weight excluding hydrogens is 576 g/mol. The molecule has 5 nitrogen and oxygen atoms in total. The Morgan fingerprint density at radius 2 is 1.48 bits per heavy atom. The molecule has 1 aromatic heterocycles. The normalized spacial score (nSPS) is 11.6. The van der Waals surface area contributed by atoms with Crippen molar-refractivity contribution < 1.29 is 164 Å². The van der Waals surface area contributed by atoms with Crippen molar-refractivity contribution >= 4 is 29.2 Å². The molecule has 0 saturated heterocycles. The number of hydrogen-bond acceptors (Lipinski definition) is 4. The number of carbonyl (C=O) groups excluding carboxylic acids is 2. The van der Waals surface area contributed by atoms with Gasteiger partial charge >= 0.3 is 154 Å². The number of nitrogen functional groups attached to an aromatic ring is 1. The van der Waals surface area contributed by atoms with E-state index in [9.17, 15) is 9.59 Å². The molecule has 1 aliphatic rings. The number of nitrogens with zero attached hydrogens (tertiary/aromatic N) is 1. The zero-order valence-corrected chi connectivity index (χ0v) is 33.5. The molecule has 8 heteroatoms. The Labute approximate surface area is 367 Å². The van der Waals surface area contributed by atoms with Crippen molar-refractivity contribution in [3.8, 4) is 0 Å². The molecule has 194 valence electrons. The molecule has 0 aliphatic carbocycles. The maximum Gasteiger partial charge on any atom is 1.00 e. The first-order chi connectivity index (χ1) is 18.0. The van der Waals surface area contributed by atoms with Gasteiger partial charge in [-0.25, -0.2) is 0 Å². The Hall–Kier alpha value is 1.08. The molecule has 3 N–H and O–H groups in total.